The summed E-state index contributed by atoms with van der Waals surface area (Å²) in [7, 11) is 0. The van der Waals surface area contributed by atoms with Crippen LogP contribution >= 0.6 is 0 Å². The fraction of sp³-hybridized carbons (Fsp3) is 0.789. The number of hydrogen-bond donors (Lipinski definition) is 0. The number of morpholine rings is 1. The Bertz CT molecular complexity index is 490. The molecule has 2 saturated heterocycles. The molecule has 0 spiro atoms. The largest absolute Gasteiger partial charge is 0.373 e. The van der Waals surface area contributed by atoms with Crippen LogP contribution in [0.25, 0.3) is 0 Å². The SMILES string of the molecule is CCN1C[C@H]2C[C@@]2(C2=CCC(N3CC(C)OC(C)C3)C=C2)C1. The first kappa shape index (κ1) is 14.9. The molecule has 4 rings (SSSR count). The van der Waals surface area contributed by atoms with Gasteiger partial charge in [-0.2, -0.15) is 0 Å². The van der Waals surface area contributed by atoms with Gasteiger partial charge in [0.2, 0.25) is 0 Å². The van der Waals surface area contributed by atoms with E-state index in [9.17, 15) is 0 Å². The predicted molar refractivity (Wildman–Crippen MR) is 89.9 cm³/mol. The Morgan fingerprint density at radius 2 is 2.00 bits per heavy atom. The summed E-state index contributed by atoms with van der Waals surface area (Å²) in [6.07, 6.45) is 10.8. The highest BCUT2D eigenvalue weighted by atomic mass is 16.5. The van der Waals surface area contributed by atoms with E-state index in [2.05, 4.69) is 48.8 Å². The molecule has 2 aliphatic carbocycles. The monoisotopic (exact) mass is 302 g/mol. The smallest absolute Gasteiger partial charge is 0.0678 e. The number of hydrogen-bond acceptors (Lipinski definition) is 3. The molecular weight excluding hydrogens is 272 g/mol. The summed E-state index contributed by atoms with van der Waals surface area (Å²) in [4.78, 5) is 5.23. The summed E-state index contributed by atoms with van der Waals surface area (Å²) in [6, 6.07) is 0.579. The summed E-state index contributed by atoms with van der Waals surface area (Å²) in [5.41, 5.74) is 2.17. The van der Waals surface area contributed by atoms with Crippen molar-refractivity contribution in [1.82, 2.24) is 9.80 Å². The van der Waals surface area contributed by atoms with E-state index in [-0.39, 0.29) is 0 Å². The Morgan fingerprint density at radius 1 is 1.23 bits per heavy atom. The van der Waals surface area contributed by atoms with Gasteiger partial charge in [-0.15, -0.1) is 0 Å². The molecule has 2 aliphatic heterocycles. The Morgan fingerprint density at radius 3 is 2.59 bits per heavy atom. The topological polar surface area (TPSA) is 15.7 Å². The summed E-state index contributed by atoms with van der Waals surface area (Å²) in [5, 5.41) is 0. The van der Waals surface area contributed by atoms with Gasteiger partial charge in [0.1, 0.15) is 0 Å². The van der Waals surface area contributed by atoms with E-state index in [1.54, 1.807) is 5.57 Å². The highest BCUT2D eigenvalue weighted by Gasteiger charge is 2.60. The fourth-order valence-corrected chi connectivity index (χ4v) is 5.01. The van der Waals surface area contributed by atoms with E-state index >= 15 is 0 Å². The van der Waals surface area contributed by atoms with Crippen LogP contribution in [0.4, 0.5) is 0 Å². The van der Waals surface area contributed by atoms with Gasteiger partial charge in [0, 0.05) is 37.6 Å². The quantitative estimate of drug-likeness (QED) is 0.797. The second-order valence-corrected chi connectivity index (χ2v) is 7.92. The van der Waals surface area contributed by atoms with Gasteiger partial charge in [-0.25, -0.2) is 0 Å². The summed E-state index contributed by atoms with van der Waals surface area (Å²) in [5.74, 6) is 0.934. The van der Waals surface area contributed by atoms with Crippen molar-refractivity contribution in [2.24, 2.45) is 11.3 Å². The molecular formula is C19H30N2O. The number of ether oxygens (including phenoxy) is 1. The van der Waals surface area contributed by atoms with Crippen LogP contribution in [0, 0.1) is 11.3 Å². The van der Waals surface area contributed by atoms with Gasteiger partial charge in [-0.1, -0.05) is 25.2 Å². The lowest BCUT2D eigenvalue weighted by Crippen LogP contribution is -2.49. The third-order valence-corrected chi connectivity index (χ3v) is 6.23. The van der Waals surface area contributed by atoms with Crippen molar-refractivity contribution in [1.29, 1.82) is 0 Å². The van der Waals surface area contributed by atoms with E-state index < -0.39 is 0 Å². The third-order valence-electron chi connectivity index (χ3n) is 6.23. The molecule has 0 bridgehead atoms. The molecule has 0 amide bonds. The minimum atomic E-state index is 0.363. The van der Waals surface area contributed by atoms with E-state index in [0.717, 1.165) is 19.0 Å². The molecule has 4 aliphatic rings. The van der Waals surface area contributed by atoms with Crippen molar-refractivity contribution in [3.05, 3.63) is 23.8 Å². The molecule has 2 heterocycles. The number of rotatable bonds is 3. The number of likely N-dealkylation sites (tertiary alicyclic amines) is 1. The van der Waals surface area contributed by atoms with Gasteiger partial charge >= 0.3 is 0 Å². The van der Waals surface area contributed by atoms with Gasteiger partial charge in [0.05, 0.1) is 12.2 Å². The molecule has 0 radical (unpaired) electrons. The minimum Gasteiger partial charge on any atom is -0.373 e. The first-order valence-corrected chi connectivity index (χ1v) is 9.11. The number of allylic oxidation sites excluding steroid dienone is 1. The van der Waals surface area contributed by atoms with Crippen molar-refractivity contribution < 1.29 is 4.74 Å². The van der Waals surface area contributed by atoms with Crippen LogP contribution in [0.15, 0.2) is 23.8 Å². The van der Waals surface area contributed by atoms with E-state index in [1.165, 1.54) is 32.5 Å². The van der Waals surface area contributed by atoms with Crippen LogP contribution in [0.5, 0.6) is 0 Å². The normalized spacial score (nSPS) is 45.7. The molecule has 1 saturated carbocycles. The molecule has 3 fully saturated rings. The molecule has 22 heavy (non-hydrogen) atoms. The summed E-state index contributed by atoms with van der Waals surface area (Å²) in [6.45, 7) is 12.6. The lowest BCUT2D eigenvalue weighted by Gasteiger charge is -2.40. The van der Waals surface area contributed by atoms with Crippen molar-refractivity contribution in [3.63, 3.8) is 0 Å². The predicted octanol–water partition coefficient (Wildman–Crippen LogP) is 2.69. The average molecular weight is 302 g/mol. The Balaban J connectivity index is 1.40. The van der Waals surface area contributed by atoms with E-state index in [1.807, 2.05) is 0 Å². The Labute approximate surface area is 135 Å². The molecule has 5 atom stereocenters. The third kappa shape index (κ3) is 2.47. The van der Waals surface area contributed by atoms with Gasteiger partial charge in [0.15, 0.2) is 0 Å². The van der Waals surface area contributed by atoms with Crippen LogP contribution in [0.3, 0.4) is 0 Å². The minimum absolute atomic E-state index is 0.363. The zero-order valence-corrected chi connectivity index (χ0v) is 14.3. The van der Waals surface area contributed by atoms with Crippen LogP contribution in [-0.2, 0) is 4.74 Å². The van der Waals surface area contributed by atoms with Crippen molar-refractivity contribution in [2.45, 2.75) is 51.9 Å². The molecule has 0 aromatic heterocycles. The number of fused-ring (bicyclic) bond motifs is 1. The second kappa shape index (κ2) is 5.47. The number of piperidine rings is 1. The molecule has 122 valence electrons. The van der Waals surface area contributed by atoms with Gasteiger partial charge in [-0.3, -0.25) is 4.90 Å². The maximum Gasteiger partial charge on any atom is 0.0678 e. The van der Waals surface area contributed by atoms with E-state index in [4.69, 9.17) is 4.74 Å². The molecule has 3 unspecified atom stereocenters. The molecule has 3 heteroatoms. The summed E-state index contributed by atoms with van der Waals surface area (Å²) >= 11 is 0. The van der Waals surface area contributed by atoms with Crippen molar-refractivity contribution in [3.8, 4) is 0 Å². The van der Waals surface area contributed by atoms with Crippen LogP contribution in [-0.4, -0.2) is 60.8 Å². The van der Waals surface area contributed by atoms with Crippen LogP contribution < -0.4 is 0 Å². The van der Waals surface area contributed by atoms with Crippen LogP contribution in [0.1, 0.15) is 33.6 Å². The Hall–Kier alpha value is -0.640. The first-order valence-electron chi connectivity index (χ1n) is 9.11. The average Bonchev–Trinajstić information content (AvgIpc) is 3.08. The number of nitrogens with zero attached hydrogens (tertiary/aromatic N) is 2. The molecule has 0 aromatic carbocycles. The summed E-state index contributed by atoms with van der Waals surface area (Å²) < 4.78 is 5.87. The van der Waals surface area contributed by atoms with Gasteiger partial charge in [0.25, 0.3) is 0 Å². The van der Waals surface area contributed by atoms with Crippen LogP contribution in [0.2, 0.25) is 0 Å². The van der Waals surface area contributed by atoms with Gasteiger partial charge in [-0.05, 0) is 44.7 Å². The van der Waals surface area contributed by atoms with Crippen molar-refractivity contribution in [2.75, 3.05) is 32.7 Å². The Kier molecular flexibility index (Phi) is 3.71. The molecule has 0 aromatic rings. The fourth-order valence-electron chi connectivity index (χ4n) is 5.01. The lowest BCUT2D eigenvalue weighted by molar-refractivity contribution is -0.0751. The molecule has 0 N–H and O–H groups in total. The highest BCUT2D eigenvalue weighted by molar-refractivity contribution is 5.40. The second-order valence-electron chi connectivity index (χ2n) is 7.92. The lowest BCUT2D eigenvalue weighted by atomic mass is 9.88. The maximum absolute atomic E-state index is 5.87. The first-order chi connectivity index (χ1) is 10.6. The molecule has 3 nitrogen and oxygen atoms in total. The van der Waals surface area contributed by atoms with E-state index in [0.29, 0.717) is 23.7 Å². The zero-order valence-electron chi connectivity index (χ0n) is 14.3. The van der Waals surface area contributed by atoms with Gasteiger partial charge < -0.3 is 9.64 Å². The van der Waals surface area contributed by atoms with Crippen molar-refractivity contribution >= 4 is 0 Å². The standard InChI is InChI=1S/C19H30N2O/c1-4-20-12-17-9-19(17,13-20)16-5-7-18(8-6-16)21-10-14(2)22-15(3)11-21/h5-7,14-15,17-18H,4,8-13H2,1-3H3/t14?,15?,17-,18?,19+/m1/s1. The highest BCUT2D eigenvalue weighted by Crippen LogP contribution is 2.62. The maximum atomic E-state index is 5.87. The zero-order chi connectivity index (χ0) is 15.3.